The molecular formula is C22H21N3O2S2. The van der Waals surface area contributed by atoms with Gasteiger partial charge in [-0.05, 0) is 61.7 Å². The standard InChI is InChI=1S/C22H21N3O2S2/c1-13-10-19(13)21(27)25-17-5-3-4-15(11-17)20(26)24-16-6-8-18(9-7-16)29-22-23-14(2)12-28-22/h3-9,11-13,19H,10H2,1-2H3,(H,24,26)(H,25,27). The smallest absolute Gasteiger partial charge is 0.255 e. The molecule has 0 saturated heterocycles. The molecule has 148 valence electrons. The van der Waals surface area contributed by atoms with Gasteiger partial charge in [-0.3, -0.25) is 9.59 Å². The van der Waals surface area contributed by atoms with Crippen LogP contribution >= 0.6 is 23.1 Å². The molecule has 1 fully saturated rings. The van der Waals surface area contributed by atoms with E-state index in [2.05, 4.69) is 22.5 Å². The van der Waals surface area contributed by atoms with E-state index in [4.69, 9.17) is 0 Å². The van der Waals surface area contributed by atoms with Gasteiger partial charge in [0.1, 0.15) is 0 Å². The molecule has 4 rings (SSSR count). The number of thiazole rings is 1. The molecule has 3 aromatic rings. The summed E-state index contributed by atoms with van der Waals surface area (Å²) in [4.78, 5) is 30.2. The van der Waals surface area contributed by atoms with Gasteiger partial charge in [-0.1, -0.05) is 24.8 Å². The minimum absolute atomic E-state index is 0.0265. The molecule has 1 heterocycles. The van der Waals surface area contributed by atoms with E-state index in [1.54, 1.807) is 47.4 Å². The lowest BCUT2D eigenvalue weighted by atomic mass is 10.1. The fraction of sp³-hybridized carbons (Fsp3) is 0.227. The van der Waals surface area contributed by atoms with Gasteiger partial charge >= 0.3 is 0 Å². The Bertz CT molecular complexity index is 1050. The van der Waals surface area contributed by atoms with Gasteiger partial charge in [0.15, 0.2) is 4.34 Å². The monoisotopic (exact) mass is 423 g/mol. The van der Waals surface area contributed by atoms with Gasteiger partial charge in [0, 0.05) is 38.8 Å². The van der Waals surface area contributed by atoms with E-state index in [0.29, 0.717) is 17.2 Å². The first-order valence-corrected chi connectivity index (χ1v) is 11.1. The Hall–Kier alpha value is -2.64. The minimum Gasteiger partial charge on any atom is -0.326 e. The van der Waals surface area contributed by atoms with Crippen molar-refractivity contribution >= 4 is 46.3 Å². The molecule has 1 aliphatic carbocycles. The third-order valence-corrected chi connectivity index (χ3v) is 6.82. The van der Waals surface area contributed by atoms with Gasteiger partial charge in [-0.15, -0.1) is 11.3 Å². The second-order valence-corrected chi connectivity index (χ2v) is 9.40. The Kier molecular flexibility index (Phi) is 5.69. The highest BCUT2D eigenvalue weighted by molar-refractivity contribution is 8.01. The van der Waals surface area contributed by atoms with Crippen LogP contribution < -0.4 is 10.6 Å². The lowest BCUT2D eigenvalue weighted by Crippen LogP contribution is -2.16. The molecule has 1 aromatic heterocycles. The number of aromatic nitrogens is 1. The van der Waals surface area contributed by atoms with Gasteiger partial charge in [0.2, 0.25) is 5.91 Å². The Balaban J connectivity index is 1.37. The molecular weight excluding hydrogens is 402 g/mol. The lowest BCUT2D eigenvalue weighted by Gasteiger charge is -2.09. The van der Waals surface area contributed by atoms with Crippen LogP contribution in [0.4, 0.5) is 11.4 Å². The van der Waals surface area contributed by atoms with E-state index >= 15 is 0 Å². The number of benzene rings is 2. The first kappa shape index (κ1) is 19.7. The summed E-state index contributed by atoms with van der Waals surface area (Å²) >= 11 is 3.22. The maximum atomic E-state index is 12.6. The first-order chi connectivity index (χ1) is 14.0. The van der Waals surface area contributed by atoms with Crippen LogP contribution in [0.2, 0.25) is 0 Å². The predicted molar refractivity (Wildman–Crippen MR) is 118 cm³/mol. The summed E-state index contributed by atoms with van der Waals surface area (Å²) < 4.78 is 0.999. The Morgan fingerprint density at radius 1 is 1.10 bits per heavy atom. The number of rotatable bonds is 6. The average Bonchev–Trinajstić information content (AvgIpc) is 3.31. The Morgan fingerprint density at radius 2 is 1.86 bits per heavy atom. The van der Waals surface area contributed by atoms with Crippen LogP contribution in [-0.4, -0.2) is 16.8 Å². The van der Waals surface area contributed by atoms with E-state index in [0.717, 1.165) is 27.0 Å². The molecule has 0 bridgehead atoms. The second-order valence-electron chi connectivity index (χ2n) is 7.22. The molecule has 2 amide bonds. The van der Waals surface area contributed by atoms with Crippen molar-refractivity contribution in [2.75, 3.05) is 10.6 Å². The molecule has 29 heavy (non-hydrogen) atoms. The molecule has 1 aliphatic rings. The fourth-order valence-corrected chi connectivity index (χ4v) is 4.76. The number of carbonyl (C=O) groups excluding carboxylic acids is 2. The molecule has 2 aromatic carbocycles. The van der Waals surface area contributed by atoms with Crippen molar-refractivity contribution in [1.82, 2.24) is 4.98 Å². The van der Waals surface area contributed by atoms with Crippen molar-refractivity contribution in [2.24, 2.45) is 11.8 Å². The van der Waals surface area contributed by atoms with Gasteiger partial charge in [-0.25, -0.2) is 4.98 Å². The largest absolute Gasteiger partial charge is 0.326 e. The lowest BCUT2D eigenvalue weighted by molar-refractivity contribution is -0.117. The summed E-state index contributed by atoms with van der Waals surface area (Å²) in [6.45, 7) is 4.04. The van der Waals surface area contributed by atoms with Gasteiger partial charge in [-0.2, -0.15) is 0 Å². The van der Waals surface area contributed by atoms with Crippen LogP contribution in [0.15, 0.2) is 63.1 Å². The van der Waals surface area contributed by atoms with E-state index in [1.165, 1.54) is 0 Å². The maximum Gasteiger partial charge on any atom is 0.255 e. The van der Waals surface area contributed by atoms with Crippen LogP contribution in [0.3, 0.4) is 0 Å². The molecule has 5 nitrogen and oxygen atoms in total. The van der Waals surface area contributed by atoms with Gasteiger partial charge in [0.05, 0.1) is 0 Å². The molecule has 2 unspecified atom stereocenters. The molecule has 2 N–H and O–H groups in total. The van der Waals surface area contributed by atoms with Crippen LogP contribution in [0, 0.1) is 18.8 Å². The van der Waals surface area contributed by atoms with Crippen LogP contribution in [0.25, 0.3) is 0 Å². The number of hydrogen-bond acceptors (Lipinski definition) is 5. The number of aryl methyl sites for hydroxylation is 1. The van der Waals surface area contributed by atoms with Crippen LogP contribution in [0.1, 0.15) is 29.4 Å². The summed E-state index contributed by atoms with van der Waals surface area (Å²) in [6.07, 6.45) is 0.933. The first-order valence-electron chi connectivity index (χ1n) is 9.40. The molecule has 1 saturated carbocycles. The Morgan fingerprint density at radius 3 is 2.52 bits per heavy atom. The Labute approximate surface area is 178 Å². The summed E-state index contributed by atoms with van der Waals surface area (Å²) in [7, 11) is 0. The zero-order valence-corrected chi connectivity index (χ0v) is 17.8. The molecule has 0 spiro atoms. The fourth-order valence-electron chi connectivity index (χ4n) is 2.95. The number of nitrogens with one attached hydrogen (secondary N) is 2. The third kappa shape index (κ3) is 5.05. The zero-order valence-electron chi connectivity index (χ0n) is 16.1. The average molecular weight is 424 g/mol. The number of anilines is 2. The topological polar surface area (TPSA) is 71.1 Å². The summed E-state index contributed by atoms with van der Waals surface area (Å²) in [5, 5.41) is 7.83. The van der Waals surface area contributed by atoms with Crippen molar-refractivity contribution < 1.29 is 9.59 Å². The summed E-state index contributed by atoms with van der Waals surface area (Å²) in [5.41, 5.74) is 2.89. The number of hydrogen-bond donors (Lipinski definition) is 2. The SMILES string of the molecule is Cc1csc(Sc2ccc(NC(=O)c3cccc(NC(=O)C4CC4C)c3)cc2)n1. The number of amides is 2. The van der Waals surface area contributed by atoms with E-state index < -0.39 is 0 Å². The normalized spacial score (nSPS) is 17.6. The highest BCUT2D eigenvalue weighted by Crippen LogP contribution is 2.38. The summed E-state index contributed by atoms with van der Waals surface area (Å²) in [6, 6.07) is 14.7. The van der Waals surface area contributed by atoms with Crippen molar-refractivity contribution in [3.05, 3.63) is 65.2 Å². The third-order valence-electron chi connectivity index (χ3n) is 4.75. The van der Waals surface area contributed by atoms with Crippen LogP contribution in [0.5, 0.6) is 0 Å². The molecule has 0 radical (unpaired) electrons. The van der Waals surface area contributed by atoms with Gasteiger partial charge < -0.3 is 10.6 Å². The molecule has 7 heteroatoms. The highest BCUT2D eigenvalue weighted by Gasteiger charge is 2.39. The number of nitrogens with zero attached hydrogens (tertiary/aromatic N) is 1. The summed E-state index contributed by atoms with van der Waals surface area (Å²) in [5.74, 6) is 0.356. The maximum absolute atomic E-state index is 12.6. The zero-order chi connectivity index (χ0) is 20.4. The minimum atomic E-state index is -0.211. The van der Waals surface area contributed by atoms with Crippen molar-refractivity contribution in [3.63, 3.8) is 0 Å². The van der Waals surface area contributed by atoms with Crippen molar-refractivity contribution in [2.45, 2.75) is 29.5 Å². The van der Waals surface area contributed by atoms with Crippen LogP contribution in [-0.2, 0) is 4.79 Å². The highest BCUT2D eigenvalue weighted by atomic mass is 32.2. The van der Waals surface area contributed by atoms with E-state index in [-0.39, 0.29) is 17.7 Å². The van der Waals surface area contributed by atoms with Crippen molar-refractivity contribution in [1.29, 1.82) is 0 Å². The van der Waals surface area contributed by atoms with E-state index in [9.17, 15) is 9.59 Å². The number of carbonyl (C=O) groups is 2. The molecule has 2 atom stereocenters. The van der Waals surface area contributed by atoms with E-state index in [1.807, 2.05) is 36.6 Å². The van der Waals surface area contributed by atoms with Gasteiger partial charge in [0.25, 0.3) is 5.91 Å². The molecule has 0 aliphatic heterocycles. The quantitative estimate of drug-likeness (QED) is 0.553. The van der Waals surface area contributed by atoms with Crippen molar-refractivity contribution in [3.8, 4) is 0 Å². The predicted octanol–water partition coefficient (Wildman–Crippen LogP) is 5.45. The second kappa shape index (κ2) is 8.39.